The molecule has 1 saturated heterocycles. The quantitative estimate of drug-likeness (QED) is 0.803. The smallest absolute Gasteiger partial charge is 0.246 e. The second-order valence-electron chi connectivity index (χ2n) is 4.91. The molecule has 5 nitrogen and oxygen atoms in total. The summed E-state index contributed by atoms with van der Waals surface area (Å²) in [5.74, 6) is -0.0903. The van der Waals surface area contributed by atoms with Crippen LogP contribution in [0.2, 0.25) is 0 Å². The van der Waals surface area contributed by atoms with Gasteiger partial charge in [-0.15, -0.1) is 0 Å². The number of carbonyl (C=O) groups excluding carboxylic acids is 1. The fourth-order valence-electron chi connectivity index (χ4n) is 1.84. The van der Waals surface area contributed by atoms with Gasteiger partial charge < -0.3 is 15.4 Å². The van der Waals surface area contributed by atoms with Gasteiger partial charge in [-0.2, -0.15) is 0 Å². The molecular weight excluding hydrogens is 230 g/mol. The maximum atomic E-state index is 11.7. The molecule has 0 aliphatic carbocycles. The Balaban J connectivity index is 1.77. The Morgan fingerprint density at radius 1 is 1.56 bits per heavy atom. The average molecular weight is 249 g/mol. The number of rotatable bonds is 5. The van der Waals surface area contributed by atoms with Crippen molar-refractivity contribution in [3.63, 3.8) is 0 Å². The van der Waals surface area contributed by atoms with Crippen molar-refractivity contribution in [1.82, 2.24) is 15.6 Å². The van der Waals surface area contributed by atoms with Crippen molar-refractivity contribution in [2.75, 3.05) is 19.7 Å². The maximum Gasteiger partial charge on any atom is 0.246 e. The van der Waals surface area contributed by atoms with Crippen LogP contribution in [0.4, 0.5) is 0 Å². The van der Waals surface area contributed by atoms with Crippen LogP contribution < -0.4 is 10.6 Å². The van der Waals surface area contributed by atoms with E-state index in [1.54, 1.807) is 12.4 Å². The highest BCUT2D eigenvalue weighted by Gasteiger charge is 2.33. The van der Waals surface area contributed by atoms with Gasteiger partial charge in [0.05, 0.1) is 11.6 Å². The molecule has 1 aromatic heterocycles. The Kier molecular flexibility index (Phi) is 3.93. The van der Waals surface area contributed by atoms with E-state index >= 15 is 0 Å². The van der Waals surface area contributed by atoms with Gasteiger partial charge in [0.25, 0.3) is 0 Å². The number of aromatic nitrogens is 1. The van der Waals surface area contributed by atoms with Gasteiger partial charge in [0.1, 0.15) is 6.61 Å². The summed E-state index contributed by atoms with van der Waals surface area (Å²) >= 11 is 0. The molecule has 5 heteroatoms. The first-order chi connectivity index (χ1) is 8.59. The van der Waals surface area contributed by atoms with Crippen LogP contribution >= 0.6 is 0 Å². The molecule has 98 valence electrons. The minimum Gasteiger partial charge on any atom is -0.363 e. The van der Waals surface area contributed by atoms with E-state index in [1.807, 2.05) is 26.0 Å². The molecule has 0 unspecified atom stereocenters. The molecule has 1 aromatic rings. The molecule has 2 rings (SSSR count). The van der Waals surface area contributed by atoms with Crippen molar-refractivity contribution in [3.05, 3.63) is 30.1 Å². The van der Waals surface area contributed by atoms with Crippen LogP contribution in [0.15, 0.2) is 24.5 Å². The lowest BCUT2D eigenvalue weighted by molar-refractivity contribution is -0.136. The fourth-order valence-corrected chi connectivity index (χ4v) is 1.84. The van der Waals surface area contributed by atoms with Gasteiger partial charge >= 0.3 is 0 Å². The second-order valence-corrected chi connectivity index (χ2v) is 4.91. The summed E-state index contributed by atoms with van der Waals surface area (Å²) in [5.41, 5.74) is 0.854. The van der Waals surface area contributed by atoms with Crippen molar-refractivity contribution in [1.29, 1.82) is 0 Å². The zero-order valence-electron chi connectivity index (χ0n) is 10.8. The summed E-state index contributed by atoms with van der Waals surface area (Å²) in [7, 11) is 0. The molecule has 1 atom stereocenters. The standard InChI is InChI=1S/C13H19N3O2/c1-10(11-3-5-14-6-4-11)16-12(17)7-18-13(2)8-15-9-13/h3-6,10,15H,7-9H2,1-2H3,(H,16,17)/t10-/m0/s1. The summed E-state index contributed by atoms with van der Waals surface area (Å²) in [6.45, 7) is 5.66. The molecule has 1 aliphatic heterocycles. The molecule has 2 N–H and O–H groups in total. The van der Waals surface area contributed by atoms with Gasteiger partial charge in [0.15, 0.2) is 0 Å². The monoisotopic (exact) mass is 249 g/mol. The van der Waals surface area contributed by atoms with Crippen molar-refractivity contribution >= 4 is 5.91 Å². The first-order valence-corrected chi connectivity index (χ1v) is 6.13. The predicted octanol–water partition coefficient (Wildman–Crippen LogP) is 0.637. The normalized spacial score (nSPS) is 18.8. The second kappa shape index (κ2) is 5.46. The molecule has 18 heavy (non-hydrogen) atoms. The highest BCUT2D eigenvalue weighted by atomic mass is 16.5. The van der Waals surface area contributed by atoms with Gasteiger partial charge in [0.2, 0.25) is 5.91 Å². The molecule has 1 aliphatic rings. The Labute approximate surface area is 107 Å². The van der Waals surface area contributed by atoms with Gasteiger partial charge in [-0.3, -0.25) is 9.78 Å². The summed E-state index contributed by atoms with van der Waals surface area (Å²) in [6.07, 6.45) is 3.44. The van der Waals surface area contributed by atoms with Gasteiger partial charge in [-0.05, 0) is 31.5 Å². The Hall–Kier alpha value is -1.46. The van der Waals surface area contributed by atoms with E-state index in [0.29, 0.717) is 0 Å². The number of nitrogens with zero attached hydrogens (tertiary/aromatic N) is 1. The van der Waals surface area contributed by atoms with Crippen molar-refractivity contribution < 1.29 is 9.53 Å². The molecule has 2 heterocycles. The molecule has 1 amide bonds. The number of hydrogen-bond acceptors (Lipinski definition) is 4. The third-order valence-corrected chi connectivity index (χ3v) is 3.13. The van der Waals surface area contributed by atoms with Crippen LogP contribution in [0.5, 0.6) is 0 Å². The number of pyridine rings is 1. The first kappa shape index (κ1) is 13.0. The van der Waals surface area contributed by atoms with E-state index in [2.05, 4.69) is 15.6 Å². The molecule has 0 radical (unpaired) electrons. The zero-order chi connectivity index (χ0) is 13.0. The van der Waals surface area contributed by atoms with Crippen LogP contribution in [-0.2, 0) is 9.53 Å². The topological polar surface area (TPSA) is 63.2 Å². The minimum atomic E-state index is -0.183. The lowest BCUT2D eigenvalue weighted by Gasteiger charge is -2.38. The largest absolute Gasteiger partial charge is 0.363 e. The number of amides is 1. The SMILES string of the molecule is C[C@H](NC(=O)COC1(C)CNC1)c1ccncc1. The third-order valence-electron chi connectivity index (χ3n) is 3.13. The highest BCUT2D eigenvalue weighted by molar-refractivity contribution is 5.77. The van der Waals surface area contributed by atoms with Gasteiger partial charge in [-0.1, -0.05) is 0 Å². The lowest BCUT2D eigenvalue weighted by atomic mass is 10.0. The fraction of sp³-hybridized carbons (Fsp3) is 0.538. The zero-order valence-corrected chi connectivity index (χ0v) is 10.8. The first-order valence-electron chi connectivity index (χ1n) is 6.13. The van der Waals surface area contributed by atoms with Crippen LogP contribution in [0.1, 0.15) is 25.5 Å². The molecule has 0 aromatic carbocycles. The Morgan fingerprint density at radius 3 is 2.78 bits per heavy atom. The number of nitrogens with one attached hydrogen (secondary N) is 2. The van der Waals surface area contributed by atoms with Crippen LogP contribution in [0.3, 0.4) is 0 Å². The van der Waals surface area contributed by atoms with E-state index in [4.69, 9.17) is 4.74 Å². The van der Waals surface area contributed by atoms with E-state index in [-0.39, 0.29) is 24.2 Å². The average Bonchev–Trinajstić information content (AvgIpc) is 2.35. The van der Waals surface area contributed by atoms with E-state index in [0.717, 1.165) is 18.7 Å². The van der Waals surface area contributed by atoms with Crippen LogP contribution in [-0.4, -0.2) is 36.2 Å². The number of carbonyl (C=O) groups is 1. The van der Waals surface area contributed by atoms with Crippen molar-refractivity contribution in [3.8, 4) is 0 Å². The van der Waals surface area contributed by atoms with E-state index < -0.39 is 0 Å². The Bertz CT molecular complexity index is 404. The number of ether oxygens (including phenoxy) is 1. The molecule has 0 saturated carbocycles. The van der Waals surface area contributed by atoms with Gasteiger partial charge in [-0.25, -0.2) is 0 Å². The summed E-state index contributed by atoms with van der Waals surface area (Å²) < 4.78 is 5.58. The molecule has 0 spiro atoms. The predicted molar refractivity (Wildman–Crippen MR) is 68.0 cm³/mol. The number of hydrogen-bond donors (Lipinski definition) is 2. The van der Waals surface area contributed by atoms with Crippen LogP contribution in [0, 0.1) is 0 Å². The molecular formula is C13H19N3O2. The summed E-state index contributed by atoms with van der Waals surface area (Å²) in [6, 6.07) is 3.75. The van der Waals surface area contributed by atoms with Crippen LogP contribution in [0.25, 0.3) is 0 Å². The molecule has 1 fully saturated rings. The van der Waals surface area contributed by atoms with Crippen molar-refractivity contribution in [2.45, 2.75) is 25.5 Å². The summed E-state index contributed by atoms with van der Waals surface area (Å²) in [5, 5.41) is 6.03. The minimum absolute atomic E-state index is 0.0311. The van der Waals surface area contributed by atoms with E-state index in [1.165, 1.54) is 0 Å². The maximum absolute atomic E-state index is 11.7. The van der Waals surface area contributed by atoms with Crippen molar-refractivity contribution in [2.24, 2.45) is 0 Å². The molecule has 0 bridgehead atoms. The highest BCUT2D eigenvalue weighted by Crippen LogP contribution is 2.15. The Morgan fingerprint density at radius 2 is 2.22 bits per heavy atom. The summed E-state index contributed by atoms with van der Waals surface area (Å²) in [4.78, 5) is 15.7. The van der Waals surface area contributed by atoms with Gasteiger partial charge in [0, 0.05) is 25.5 Å². The van der Waals surface area contributed by atoms with E-state index in [9.17, 15) is 4.79 Å². The lowest BCUT2D eigenvalue weighted by Crippen LogP contribution is -2.59. The third kappa shape index (κ3) is 3.27.